The van der Waals surface area contributed by atoms with Crippen molar-refractivity contribution in [2.75, 3.05) is 0 Å². The molecule has 2 heterocycles. The van der Waals surface area contributed by atoms with Crippen LogP contribution in [0.3, 0.4) is 0 Å². The van der Waals surface area contributed by atoms with Crippen LogP contribution in [0.4, 0.5) is 0 Å². The van der Waals surface area contributed by atoms with Gasteiger partial charge in [0.1, 0.15) is 5.76 Å². The average Bonchev–Trinajstić information content (AvgIpc) is 3.35. The van der Waals surface area contributed by atoms with Gasteiger partial charge in [-0.05, 0) is 49.4 Å². The highest BCUT2D eigenvalue weighted by atomic mass is 16.4. The Morgan fingerprint density at radius 1 is 1.06 bits per heavy atom. The summed E-state index contributed by atoms with van der Waals surface area (Å²) in [6.45, 7) is 7.30. The fraction of sp³-hybridized carbons (Fsp3) is 0.259. The summed E-state index contributed by atoms with van der Waals surface area (Å²) in [5.41, 5.74) is 8.73. The number of nitrogens with zero attached hydrogens (tertiary/aromatic N) is 2. The Morgan fingerprint density at radius 3 is 2.62 bits per heavy atom. The predicted molar refractivity (Wildman–Crippen MR) is 125 cm³/mol. The largest absolute Gasteiger partial charge is 0.455 e. The Labute approximate surface area is 188 Å². The van der Waals surface area contributed by atoms with E-state index >= 15 is 0 Å². The van der Waals surface area contributed by atoms with Crippen LogP contribution in [0.5, 0.6) is 0 Å². The van der Waals surface area contributed by atoms with Crippen molar-refractivity contribution < 1.29 is 9.21 Å². The topological polar surface area (TPSA) is 60.1 Å². The van der Waals surface area contributed by atoms with Crippen LogP contribution in [0.25, 0.3) is 11.3 Å². The molecule has 1 aliphatic rings. The summed E-state index contributed by atoms with van der Waals surface area (Å²) >= 11 is 0. The van der Waals surface area contributed by atoms with Gasteiger partial charge in [0.05, 0.1) is 12.2 Å². The first-order valence-electron chi connectivity index (χ1n) is 11.1. The molecule has 2 aromatic heterocycles. The molecule has 32 heavy (non-hydrogen) atoms. The number of benzene rings is 2. The second kappa shape index (κ2) is 8.15. The van der Waals surface area contributed by atoms with Gasteiger partial charge in [0, 0.05) is 30.3 Å². The molecule has 0 radical (unpaired) electrons. The third-order valence-electron chi connectivity index (χ3n) is 6.29. The van der Waals surface area contributed by atoms with Crippen molar-refractivity contribution >= 4 is 5.91 Å². The maximum absolute atomic E-state index is 12.9. The average molecular weight is 426 g/mol. The van der Waals surface area contributed by atoms with E-state index < -0.39 is 0 Å². The van der Waals surface area contributed by atoms with E-state index in [1.807, 2.05) is 42.8 Å². The lowest BCUT2D eigenvalue weighted by Gasteiger charge is -2.09. The van der Waals surface area contributed by atoms with Gasteiger partial charge in [-0.2, -0.15) is 5.10 Å². The highest BCUT2D eigenvalue weighted by molar-refractivity contribution is 5.95. The van der Waals surface area contributed by atoms with E-state index in [0.717, 1.165) is 53.1 Å². The van der Waals surface area contributed by atoms with E-state index in [9.17, 15) is 4.79 Å². The quantitative estimate of drug-likeness (QED) is 0.481. The third-order valence-corrected chi connectivity index (χ3v) is 6.29. The molecule has 5 nitrogen and oxygen atoms in total. The van der Waals surface area contributed by atoms with Crippen LogP contribution in [0.15, 0.2) is 59.1 Å². The minimum absolute atomic E-state index is 0.180. The van der Waals surface area contributed by atoms with Crippen LogP contribution >= 0.6 is 0 Å². The minimum Gasteiger partial charge on any atom is -0.455 e. The van der Waals surface area contributed by atoms with Crippen molar-refractivity contribution in [3.63, 3.8) is 0 Å². The monoisotopic (exact) mass is 425 g/mol. The molecule has 162 valence electrons. The number of aromatic nitrogens is 2. The summed E-state index contributed by atoms with van der Waals surface area (Å²) in [4.78, 5) is 12.9. The highest BCUT2D eigenvalue weighted by Gasteiger charge is 2.29. The van der Waals surface area contributed by atoms with Gasteiger partial charge in [-0.25, -0.2) is 0 Å². The molecular formula is C27H27N3O2. The zero-order valence-electron chi connectivity index (χ0n) is 18.7. The fourth-order valence-corrected chi connectivity index (χ4v) is 4.41. The molecule has 0 saturated heterocycles. The SMILES string of the molecule is Cc1ccc(Cn2cc3c(n2)-c2c(oc(C(=O)NCc4ccccc4C)c2C)CC3)cc1. The van der Waals surface area contributed by atoms with Crippen molar-refractivity contribution in [1.82, 2.24) is 15.1 Å². The first kappa shape index (κ1) is 20.3. The summed E-state index contributed by atoms with van der Waals surface area (Å²) in [5.74, 6) is 1.07. The van der Waals surface area contributed by atoms with Crippen LogP contribution in [-0.2, 0) is 25.9 Å². The first-order valence-corrected chi connectivity index (χ1v) is 11.1. The number of furan rings is 1. The molecule has 4 aromatic rings. The van der Waals surface area contributed by atoms with Gasteiger partial charge < -0.3 is 9.73 Å². The van der Waals surface area contributed by atoms with Crippen molar-refractivity contribution in [3.8, 4) is 11.3 Å². The number of carbonyl (C=O) groups is 1. The third kappa shape index (κ3) is 3.75. The van der Waals surface area contributed by atoms with E-state index in [1.54, 1.807) is 0 Å². The first-order chi connectivity index (χ1) is 15.5. The van der Waals surface area contributed by atoms with Gasteiger partial charge in [0.15, 0.2) is 5.76 Å². The van der Waals surface area contributed by atoms with Gasteiger partial charge in [-0.3, -0.25) is 9.48 Å². The van der Waals surface area contributed by atoms with Gasteiger partial charge >= 0.3 is 0 Å². The molecular weight excluding hydrogens is 398 g/mol. The van der Waals surface area contributed by atoms with Crippen molar-refractivity contribution in [2.24, 2.45) is 0 Å². The van der Waals surface area contributed by atoms with E-state index in [1.165, 1.54) is 16.7 Å². The molecule has 1 N–H and O–H groups in total. The maximum atomic E-state index is 12.9. The minimum atomic E-state index is -0.180. The Kier molecular flexibility index (Phi) is 5.17. The zero-order valence-corrected chi connectivity index (χ0v) is 18.7. The van der Waals surface area contributed by atoms with E-state index in [0.29, 0.717) is 12.3 Å². The fourth-order valence-electron chi connectivity index (χ4n) is 4.41. The number of carbonyl (C=O) groups excluding carboxylic acids is 1. The summed E-state index contributed by atoms with van der Waals surface area (Å²) in [6, 6.07) is 16.6. The number of fused-ring (bicyclic) bond motifs is 3. The van der Waals surface area contributed by atoms with E-state index in [2.05, 4.69) is 42.7 Å². The number of aryl methyl sites for hydroxylation is 4. The Bertz CT molecular complexity index is 1300. The number of nitrogens with one attached hydrogen (secondary N) is 1. The molecule has 0 bridgehead atoms. The molecule has 0 fully saturated rings. The lowest BCUT2D eigenvalue weighted by Crippen LogP contribution is -2.23. The molecule has 1 amide bonds. The lowest BCUT2D eigenvalue weighted by molar-refractivity contribution is 0.0920. The summed E-state index contributed by atoms with van der Waals surface area (Å²) < 4.78 is 8.05. The van der Waals surface area contributed by atoms with Gasteiger partial charge in [-0.15, -0.1) is 0 Å². The summed E-state index contributed by atoms with van der Waals surface area (Å²) in [5, 5.41) is 7.89. The van der Waals surface area contributed by atoms with Crippen LogP contribution in [-0.4, -0.2) is 15.7 Å². The predicted octanol–water partition coefficient (Wildman–Crippen LogP) is 5.15. The molecule has 0 saturated carbocycles. The smallest absolute Gasteiger partial charge is 0.287 e. The number of hydrogen-bond acceptors (Lipinski definition) is 3. The second-order valence-electron chi connectivity index (χ2n) is 8.65. The van der Waals surface area contributed by atoms with Crippen LogP contribution in [0.1, 0.15) is 49.7 Å². The van der Waals surface area contributed by atoms with Crippen molar-refractivity contribution in [2.45, 2.75) is 46.7 Å². The van der Waals surface area contributed by atoms with Gasteiger partial charge in [0.25, 0.3) is 5.91 Å². The van der Waals surface area contributed by atoms with Crippen molar-refractivity contribution in [1.29, 1.82) is 0 Å². The zero-order chi connectivity index (χ0) is 22.2. The lowest BCUT2D eigenvalue weighted by atomic mass is 9.93. The standard InChI is InChI=1S/C27H27N3O2/c1-17-8-10-20(11-9-17)15-30-16-22-12-13-23-24(25(22)29-30)19(3)26(32-23)27(31)28-14-21-7-5-4-6-18(21)2/h4-11,16H,12-15H2,1-3H3,(H,28,31). The molecule has 5 heteroatoms. The molecule has 1 aliphatic carbocycles. The molecule has 0 spiro atoms. The molecule has 0 aliphatic heterocycles. The molecule has 2 aromatic carbocycles. The Balaban J connectivity index is 1.39. The second-order valence-corrected chi connectivity index (χ2v) is 8.65. The van der Waals surface area contributed by atoms with Gasteiger partial charge in [-0.1, -0.05) is 54.1 Å². The highest BCUT2D eigenvalue weighted by Crippen LogP contribution is 2.38. The molecule has 0 unspecified atom stereocenters. The number of amides is 1. The van der Waals surface area contributed by atoms with Crippen LogP contribution < -0.4 is 5.32 Å². The summed E-state index contributed by atoms with van der Waals surface area (Å²) in [6.07, 6.45) is 3.78. The van der Waals surface area contributed by atoms with Crippen LogP contribution in [0, 0.1) is 20.8 Å². The van der Waals surface area contributed by atoms with Gasteiger partial charge in [0.2, 0.25) is 0 Å². The van der Waals surface area contributed by atoms with E-state index in [4.69, 9.17) is 9.52 Å². The summed E-state index contributed by atoms with van der Waals surface area (Å²) in [7, 11) is 0. The normalized spacial score (nSPS) is 12.3. The number of hydrogen-bond donors (Lipinski definition) is 1. The molecule has 5 rings (SSSR count). The number of rotatable bonds is 5. The van der Waals surface area contributed by atoms with Crippen LogP contribution in [0.2, 0.25) is 0 Å². The van der Waals surface area contributed by atoms with E-state index in [-0.39, 0.29) is 5.91 Å². The van der Waals surface area contributed by atoms with Crippen molar-refractivity contribution in [3.05, 3.63) is 99.6 Å². The Morgan fingerprint density at radius 2 is 1.84 bits per heavy atom. The maximum Gasteiger partial charge on any atom is 0.287 e. The Hall–Kier alpha value is -3.60. The molecule has 0 atom stereocenters.